The van der Waals surface area contributed by atoms with E-state index in [-0.39, 0.29) is 27.9 Å². The van der Waals surface area contributed by atoms with E-state index in [0.29, 0.717) is 16.1 Å². The number of aryl methyl sites for hydroxylation is 1. The number of amides is 3. The molecule has 0 spiro atoms. The third kappa shape index (κ3) is 8.81. The SMILES string of the molecule is Cc1cccc(/C=C(/NC(=O)c2ccccc2)C(=O)Nc2cccc(SC(C)C(=O)Nc3cc(C(=O)O)ccc3Cl)c2)c1. The van der Waals surface area contributed by atoms with E-state index in [1.807, 2.05) is 31.2 Å². The Morgan fingerprint density at radius 1 is 0.837 bits per heavy atom. The van der Waals surface area contributed by atoms with E-state index in [9.17, 15) is 24.3 Å². The first kappa shape index (κ1) is 31.1. The fourth-order valence-electron chi connectivity index (χ4n) is 3.96. The fourth-order valence-corrected chi connectivity index (χ4v) is 5.05. The Labute approximate surface area is 258 Å². The van der Waals surface area contributed by atoms with Gasteiger partial charge in [-0.25, -0.2) is 4.79 Å². The molecule has 10 heteroatoms. The monoisotopic (exact) mass is 613 g/mol. The number of rotatable bonds is 10. The molecule has 0 fully saturated rings. The van der Waals surface area contributed by atoms with Gasteiger partial charge in [-0.3, -0.25) is 14.4 Å². The molecule has 43 heavy (non-hydrogen) atoms. The molecule has 0 saturated carbocycles. The number of halogens is 1. The molecule has 1 unspecified atom stereocenters. The Morgan fingerprint density at radius 3 is 2.30 bits per heavy atom. The first-order chi connectivity index (χ1) is 20.6. The van der Waals surface area contributed by atoms with Gasteiger partial charge >= 0.3 is 5.97 Å². The summed E-state index contributed by atoms with van der Waals surface area (Å²) in [6, 6.07) is 27.2. The summed E-state index contributed by atoms with van der Waals surface area (Å²) in [6.45, 7) is 3.63. The predicted octanol–water partition coefficient (Wildman–Crippen LogP) is 6.88. The molecule has 218 valence electrons. The molecule has 4 aromatic rings. The van der Waals surface area contributed by atoms with E-state index in [1.165, 1.54) is 30.0 Å². The lowest BCUT2D eigenvalue weighted by Crippen LogP contribution is -2.30. The predicted molar refractivity (Wildman–Crippen MR) is 170 cm³/mol. The Hall–Kier alpha value is -4.86. The first-order valence-electron chi connectivity index (χ1n) is 13.2. The average Bonchev–Trinajstić information content (AvgIpc) is 2.98. The number of carbonyl (C=O) groups excluding carboxylic acids is 3. The molecule has 0 aliphatic carbocycles. The molecule has 0 saturated heterocycles. The zero-order valence-corrected chi connectivity index (χ0v) is 24.8. The van der Waals surface area contributed by atoms with Crippen LogP contribution in [0.3, 0.4) is 0 Å². The van der Waals surface area contributed by atoms with Crippen LogP contribution in [-0.4, -0.2) is 34.0 Å². The second kappa shape index (κ2) is 14.4. The zero-order chi connectivity index (χ0) is 30.9. The van der Waals surface area contributed by atoms with Crippen LogP contribution in [0, 0.1) is 6.92 Å². The quantitative estimate of drug-likeness (QED) is 0.114. The molecule has 0 aliphatic rings. The summed E-state index contributed by atoms with van der Waals surface area (Å²) in [5, 5.41) is 17.1. The van der Waals surface area contributed by atoms with Gasteiger partial charge in [0.05, 0.1) is 21.5 Å². The summed E-state index contributed by atoms with van der Waals surface area (Å²) in [5.74, 6) is -2.46. The highest BCUT2D eigenvalue weighted by atomic mass is 35.5. The number of carbonyl (C=O) groups is 4. The Morgan fingerprint density at radius 2 is 1.58 bits per heavy atom. The largest absolute Gasteiger partial charge is 0.478 e. The second-order valence-electron chi connectivity index (χ2n) is 9.52. The number of hydrogen-bond acceptors (Lipinski definition) is 5. The van der Waals surface area contributed by atoms with Gasteiger partial charge in [0.15, 0.2) is 0 Å². The number of thioether (sulfide) groups is 1. The van der Waals surface area contributed by atoms with Gasteiger partial charge < -0.3 is 21.1 Å². The molecule has 0 aliphatic heterocycles. The maximum Gasteiger partial charge on any atom is 0.335 e. The second-order valence-corrected chi connectivity index (χ2v) is 11.3. The van der Waals surface area contributed by atoms with Crippen LogP contribution in [0.25, 0.3) is 6.08 Å². The van der Waals surface area contributed by atoms with Crippen LogP contribution >= 0.6 is 23.4 Å². The van der Waals surface area contributed by atoms with Gasteiger partial charge in [0.25, 0.3) is 11.8 Å². The zero-order valence-electron chi connectivity index (χ0n) is 23.3. The lowest BCUT2D eigenvalue weighted by Gasteiger charge is -2.15. The van der Waals surface area contributed by atoms with Crippen LogP contribution < -0.4 is 16.0 Å². The number of nitrogens with one attached hydrogen (secondary N) is 3. The Kier molecular flexibility index (Phi) is 10.4. The molecule has 4 N–H and O–H groups in total. The van der Waals surface area contributed by atoms with Gasteiger partial charge in [0.2, 0.25) is 5.91 Å². The van der Waals surface area contributed by atoms with Crippen LogP contribution in [0.1, 0.15) is 38.8 Å². The minimum absolute atomic E-state index is 0.000718. The normalized spacial score (nSPS) is 11.7. The number of hydrogen-bond donors (Lipinski definition) is 4. The van der Waals surface area contributed by atoms with Crippen molar-refractivity contribution >= 4 is 64.5 Å². The minimum Gasteiger partial charge on any atom is -0.478 e. The molecule has 0 aromatic heterocycles. The maximum atomic E-state index is 13.4. The molecule has 3 amide bonds. The number of anilines is 2. The lowest BCUT2D eigenvalue weighted by molar-refractivity contribution is -0.115. The van der Waals surface area contributed by atoms with Crippen LogP contribution in [0.2, 0.25) is 5.02 Å². The van der Waals surface area contributed by atoms with Gasteiger partial charge in [-0.1, -0.05) is 65.7 Å². The summed E-state index contributed by atoms with van der Waals surface area (Å²) >= 11 is 7.39. The Balaban J connectivity index is 1.48. The van der Waals surface area contributed by atoms with Crippen molar-refractivity contribution in [3.8, 4) is 0 Å². The topological polar surface area (TPSA) is 125 Å². The summed E-state index contributed by atoms with van der Waals surface area (Å²) < 4.78 is 0. The lowest BCUT2D eigenvalue weighted by atomic mass is 10.1. The summed E-state index contributed by atoms with van der Waals surface area (Å²) in [5.41, 5.74) is 2.88. The number of carboxylic acids is 1. The summed E-state index contributed by atoms with van der Waals surface area (Å²) in [6.07, 6.45) is 1.61. The van der Waals surface area contributed by atoms with Crippen molar-refractivity contribution in [2.45, 2.75) is 24.0 Å². The minimum atomic E-state index is -1.13. The smallest absolute Gasteiger partial charge is 0.335 e. The fraction of sp³-hybridized carbons (Fsp3) is 0.0909. The molecule has 4 aromatic carbocycles. The number of carboxylic acid groups (broad SMARTS) is 1. The van der Waals surface area contributed by atoms with Gasteiger partial charge in [0.1, 0.15) is 5.70 Å². The first-order valence-corrected chi connectivity index (χ1v) is 14.4. The third-order valence-electron chi connectivity index (χ3n) is 6.13. The summed E-state index contributed by atoms with van der Waals surface area (Å²) in [4.78, 5) is 51.1. The van der Waals surface area contributed by atoms with Crippen molar-refractivity contribution in [2.75, 3.05) is 10.6 Å². The highest BCUT2D eigenvalue weighted by molar-refractivity contribution is 8.00. The van der Waals surface area contributed by atoms with Crippen LogP contribution in [0.4, 0.5) is 11.4 Å². The standard InChI is InChI=1S/C33H28ClN3O5S/c1-20-8-6-9-22(16-20)17-29(37-31(39)23-10-4-3-5-11-23)32(40)35-25-12-7-13-26(19-25)43-21(2)30(38)36-28-18-24(33(41)42)14-15-27(28)34/h3-19,21H,1-2H3,(H,35,40)(H,36,38)(H,37,39)(H,41,42)/b29-17+. The van der Waals surface area contributed by atoms with E-state index in [1.54, 1.807) is 67.6 Å². The molecule has 0 radical (unpaired) electrons. The van der Waals surface area contributed by atoms with Crippen LogP contribution in [0.15, 0.2) is 108 Å². The van der Waals surface area contributed by atoms with Crippen molar-refractivity contribution in [3.63, 3.8) is 0 Å². The van der Waals surface area contributed by atoms with Crippen molar-refractivity contribution in [1.29, 1.82) is 0 Å². The van der Waals surface area contributed by atoms with E-state index >= 15 is 0 Å². The van der Waals surface area contributed by atoms with Gasteiger partial charge in [-0.05, 0) is 74.0 Å². The van der Waals surface area contributed by atoms with E-state index < -0.39 is 23.0 Å². The van der Waals surface area contributed by atoms with Crippen molar-refractivity contribution in [3.05, 3.63) is 130 Å². The highest BCUT2D eigenvalue weighted by Gasteiger charge is 2.19. The Bertz CT molecular complexity index is 1710. The average molecular weight is 614 g/mol. The van der Waals surface area contributed by atoms with Crippen molar-refractivity contribution in [1.82, 2.24) is 5.32 Å². The number of aromatic carboxylic acids is 1. The molecule has 1 atom stereocenters. The molecule has 8 nitrogen and oxygen atoms in total. The maximum absolute atomic E-state index is 13.4. The highest BCUT2D eigenvalue weighted by Crippen LogP contribution is 2.29. The number of benzene rings is 4. The molecule has 0 bridgehead atoms. The van der Waals surface area contributed by atoms with Gasteiger partial charge in [-0.15, -0.1) is 11.8 Å². The molecular formula is C33H28ClN3O5S. The van der Waals surface area contributed by atoms with Crippen molar-refractivity contribution < 1.29 is 24.3 Å². The molecular weight excluding hydrogens is 586 g/mol. The van der Waals surface area contributed by atoms with Gasteiger partial charge in [-0.2, -0.15) is 0 Å². The molecule has 4 rings (SSSR count). The molecule has 0 heterocycles. The van der Waals surface area contributed by atoms with Gasteiger partial charge in [0, 0.05) is 16.1 Å². The van der Waals surface area contributed by atoms with E-state index in [0.717, 1.165) is 11.1 Å². The van der Waals surface area contributed by atoms with Crippen LogP contribution in [0.5, 0.6) is 0 Å². The van der Waals surface area contributed by atoms with E-state index in [4.69, 9.17) is 11.6 Å². The summed E-state index contributed by atoms with van der Waals surface area (Å²) in [7, 11) is 0. The third-order valence-corrected chi connectivity index (χ3v) is 7.55. The van der Waals surface area contributed by atoms with E-state index in [2.05, 4.69) is 16.0 Å². The van der Waals surface area contributed by atoms with Crippen molar-refractivity contribution in [2.24, 2.45) is 0 Å². The van der Waals surface area contributed by atoms with Crippen LogP contribution in [-0.2, 0) is 9.59 Å².